The fourth-order valence-electron chi connectivity index (χ4n) is 6.91. The van der Waals surface area contributed by atoms with Crippen molar-refractivity contribution in [3.05, 3.63) is 63.5 Å². The summed E-state index contributed by atoms with van der Waals surface area (Å²) in [5.74, 6) is 1.64. The van der Waals surface area contributed by atoms with E-state index in [1.165, 1.54) is 26.4 Å². The Kier molecular flexibility index (Phi) is 6.93. The van der Waals surface area contributed by atoms with Crippen LogP contribution in [0.25, 0.3) is 6.08 Å². The molecule has 7 nitrogen and oxygen atoms in total. The molecule has 2 aromatic rings. The molecule has 7 rings (SSSR count). The first kappa shape index (κ1) is 26.3. The first-order valence-corrected chi connectivity index (χ1v) is 14.6. The van der Waals surface area contributed by atoms with E-state index in [0.717, 1.165) is 36.0 Å². The van der Waals surface area contributed by atoms with Gasteiger partial charge in [0.15, 0.2) is 15.8 Å². The SMILES string of the molecule is COc1cc(/C=C2\SC(=S)N(NC(=O)c3ccc(Cl)cc3)C2=O)ccc1OC(=O)C12CC3CC(CC(C3)C1)C2. The van der Waals surface area contributed by atoms with Crippen LogP contribution in [0.4, 0.5) is 0 Å². The van der Waals surface area contributed by atoms with Crippen molar-refractivity contribution in [2.75, 3.05) is 7.11 Å². The molecule has 39 heavy (non-hydrogen) atoms. The lowest BCUT2D eigenvalue weighted by molar-refractivity contribution is -0.161. The number of rotatable bonds is 6. The number of thiocarbonyl (C=S) groups is 1. The van der Waals surface area contributed by atoms with Crippen LogP contribution in [-0.2, 0) is 9.59 Å². The normalized spacial score (nSPS) is 28.2. The molecule has 0 spiro atoms. The van der Waals surface area contributed by atoms with Gasteiger partial charge in [-0.05, 0) is 117 Å². The minimum atomic E-state index is -0.476. The smallest absolute Gasteiger partial charge is 0.317 e. The van der Waals surface area contributed by atoms with Crippen LogP contribution in [0.1, 0.15) is 54.4 Å². The second-order valence-electron chi connectivity index (χ2n) is 11.0. The molecule has 4 bridgehead atoms. The molecule has 1 N–H and O–H groups in total. The number of thioether (sulfide) groups is 1. The molecule has 0 atom stereocenters. The van der Waals surface area contributed by atoms with Gasteiger partial charge in [0.05, 0.1) is 17.4 Å². The molecule has 1 heterocycles. The third-order valence-corrected chi connectivity index (χ3v) is 9.83. The number of methoxy groups -OCH3 is 1. The third kappa shape index (κ3) is 5.08. The van der Waals surface area contributed by atoms with Gasteiger partial charge in [-0.2, -0.15) is 5.01 Å². The van der Waals surface area contributed by atoms with E-state index in [2.05, 4.69) is 5.43 Å². The minimum absolute atomic E-state index is 0.148. The summed E-state index contributed by atoms with van der Waals surface area (Å²) in [6.07, 6.45) is 8.20. The van der Waals surface area contributed by atoms with E-state index >= 15 is 0 Å². The van der Waals surface area contributed by atoms with Gasteiger partial charge in [-0.25, -0.2) is 0 Å². The van der Waals surface area contributed by atoms with Crippen molar-refractivity contribution >= 4 is 63.8 Å². The average molecular weight is 583 g/mol. The van der Waals surface area contributed by atoms with Gasteiger partial charge in [-0.3, -0.25) is 19.8 Å². The zero-order valence-corrected chi connectivity index (χ0v) is 23.7. The first-order chi connectivity index (χ1) is 18.7. The summed E-state index contributed by atoms with van der Waals surface area (Å²) in [7, 11) is 1.52. The Hall–Kier alpha value is -2.88. The maximum atomic E-state index is 13.4. The van der Waals surface area contributed by atoms with Gasteiger partial charge in [0, 0.05) is 10.6 Å². The first-order valence-electron chi connectivity index (χ1n) is 13.0. The van der Waals surface area contributed by atoms with Crippen LogP contribution in [0.2, 0.25) is 5.02 Å². The molecule has 0 aromatic heterocycles. The van der Waals surface area contributed by atoms with Crippen molar-refractivity contribution in [1.29, 1.82) is 0 Å². The van der Waals surface area contributed by atoms with Crippen LogP contribution in [0.15, 0.2) is 47.4 Å². The number of ether oxygens (including phenoxy) is 2. The highest BCUT2D eigenvalue weighted by molar-refractivity contribution is 8.26. The molecule has 202 valence electrons. The van der Waals surface area contributed by atoms with Crippen LogP contribution in [0.3, 0.4) is 0 Å². The van der Waals surface area contributed by atoms with E-state index in [0.29, 0.717) is 50.3 Å². The molecular formula is C29H27ClN2O5S2. The predicted molar refractivity (Wildman–Crippen MR) is 153 cm³/mol. The highest BCUT2D eigenvalue weighted by atomic mass is 35.5. The number of hydrazine groups is 1. The molecule has 0 radical (unpaired) electrons. The lowest BCUT2D eigenvalue weighted by atomic mass is 9.49. The Morgan fingerprint density at radius 3 is 2.31 bits per heavy atom. The van der Waals surface area contributed by atoms with E-state index in [1.807, 2.05) is 0 Å². The summed E-state index contributed by atoms with van der Waals surface area (Å²) >= 11 is 12.3. The molecular weight excluding hydrogens is 556 g/mol. The molecule has 10 heteroatoms. The fraction of sp³-hybridized carbons (Fsp3) is 0.379. The number of amides is 2. The largest absolute Gasteiger partial charge is 0.493 e. The van der Waals surface area contributed by atoms with E-state index in [4.69, 9.17) is 33.3 Å². The number of nitrogens with zero attached hydrogens (tertiary/aromatic N) is 1. The Labute approximate surface area is 241 Å². The summed E-state index contributed by atoms with van der Waals surface area (Å²) in [6.45, 7) is 0. The quantitative estimate of drug-likeness (QED) is 0.193. The van der Waals surface area contributed by atoms with Crippen molar-refractivity contribution in [3.8, 4) is 11.5 Å². The number of benzene rings is 2. The van der Waals surface area contributed by atoms with E-state index in [9.17, 15) is 14.4 Å². The Morgan fingerprint density at radius 1 is 1.05 bits per heavy atom. The second-order valence-corrected chi connectivity index (χ2v) is 13.1. The summed E-state index contributed by atoms with van der Waals surface area (Å²) in [6, 6.07) is 11.5. The standard InChI is InChI=1S/C29H27ClN2O5S2/c1-36-23-11-16(2-7-22(23)37-27(35)29-13-17-8-18(14-29)10-19(9-17)15-29)12-24-26(34)32(28(38)39-24)31-25(33)20-3-5-21(30)6-4-20/h2-7,11-12,17-19H,8-10,13-15H2,1H3,(H,31,33)/b24-12-. The number of hydrogen-bond acceptors (Lipinski definition) is 7. The minimum Gasteiger partial charge on any atom is -0.493 e. The van der Waals surface area contributed by atoms with Crippen LogP contribution in [0.5, 0.6) is 11.5 Å². The van der Waals surface area contributed by atoms with E-state index < -0.39 is 11.8 Å². The molecule has 2 aromatic carbocycles. The van der Waals surface area contributed by atoms with Crippen molar-refractivity contribution in [1.82, 2.24) is 10.4 Å². The van der Waals surface area contributed by atoms with Gasteiger partial charge in [-0.15, -0.1) is 0 Å². The number of halogens is 1. The van der Waals surface area contributed by atoms with Gasteiger partial charge < -0.3 is 9.47 Å². The summed E-state index contributed by atoms with van der Waals surface area (Å²) in [5.41, 5.74) is 3.20. The zero-order valence-electron chi connectivity index (χ0n) is 21.3. The van der Waals surface area contributed by atoms with Crippen LogP contribution in [0, 0.1) is 23.2 Å². The molecule has 5 fully saturated rings. The highest BCUT2D eigenvalue weighted by Crippen LogP contribution is 2.60. The maximum Gasteiger partial charge on any atom is 0.317 e. The van der Waals surface area contributed by atoms with Crippen LogP contribution >= 0.6 is 35.6 Å². The number of hydrogen-bond donors (Lipinski definition) is 1. The van der Waals surface area contributed by atoms with Crippen LogP contribution in [-0.4, -0.2) is 34.2 Å². The highest BCUT2D eigenvalue weighted by Gasteiger charge is 2.55. The van der Waals surface area contributed by atoms with Gasteiger partial charge in [-0.1, -0.05) is 29.4 Å². The predicted octanol–water partition coefficient (Wildman–Crippen LogP) is 6.02. The lowest BCUT2D eigenvalue weighted by Gasteiger charge is -2.55. The number of carbonyl (C=O) groups is 3. The van der Waals surface area contributed by atoms with Crippen LogP contribution < -0.4 is 14.9 Å². The number of carbonyl (C=O) groups excluding carboxylic acids is 3. The van der Waals surface area contributed by atoms with Gasteiger partial charge in [0.2, 0.25) is 0 Å². The maximum absolute atomic E-state index is 13.4. The molecule has 4 aliphatic carbocycles. The van der Waals surface area contributed by atoms with E-state index in [-0.39, 0.29) is 15.7 Å². The van der Waals surface area contributed by atoms with Gasteiger partial charge in [0.25, 0.3) is 11.8 Å². The van der Waals surface area contributed by atoms with Gasteiger partial charge in [0.1, 0.15) is 0 Å². The Balaban J connectivity index is 1.16. The monoisotopic (exact) mass is 582 g/mol. The Bertz CT molecular complexity index is 1370. The summed E-state index contributed by atoms with van der Waals surface area (Å²) in [5, 5.41) is 1.56. The molecule has 4 saturated carbocycles. The van der Waals surface area contributed by atoms with E-state index in [1.54, 1.807) is 48.5 Å². The summed E-state index contributed by atoms with van der Waals surface area (Å²) < 4.78 is 11.7. The Morgan fingerprint density at radius 2 is 1.69 bits per heavy atom. The number of nitrogens with one attached hydrogen (secondary N) is 1. The second kappa shape index (κ2) is 10.3. The lowest BCUT2D eigenvalue weighted by Crippen LogP contribution is -2.51. The fourth-order valence-corrected chi connectivity index (χ4v) is 8.22. The van der Waals surface area contributed by atoms with Crippen molar-refractivity contribution < 1.29 is 23.9 Å². The van der Waals surface area contributed by atoms with Crippen molar-refractivity contribution in [2.45, 2.75) is 38.5 Å². The van der Waals surface area contributed by atoms with Crippen molar-refractivity contribution in [3.63, 3.8) is 0 Å². The topological polar surface area (TPSA) is 84.9 Å². The third-order valence-electron chi connectivity index (χ3n) is 8.27. The van der Waals surface area contributed by atoms with Crippen molar-refractivity contribution in [2.24, 2.45) is 23.2 Å². The molecule has 2 amide bonds. The summed E-state index contributed by atoms with van der Waals surface area (Å²) in [4.78, 5) is 39.4. The van der Waals surface area contributed by atoms with Gasteiger partial charge >= 0.3 is 5.97 Å². The number of esters is 1. The molecule has 0 unspecified atom stereocenters. The molecule has 1 aliphatic heterocycles. The molecule has 5 aliphatic rings. The zero-order chi connectivity index (χ0) is 27.3. The molecule has 1 saturated heterocycles. The average Bonchev–Trinajstić information content (AvgIpc) is 3.16.